The Kier molecular flexibility index (Phi) is 8.21. The molecular formula is C21H31N2O6P. The van der Waals surface area contributed by atoms with Gasteiger partial charge in [-0.2, -0.15) is 0 Å². The van der Waals surface area contributed by atoms with Gasteiger partial charge in [0, 0.05) is 19.6 Å². The molecule has 1 heterocycles. The Morgan fingerprint density at radius 3 is 2.40 bits per heavy atom. The van der Waals surface area contributed by atoms with Gasteiger partial charge in [-0.3, -0.25) is 18.9 Å². The Labute approximate surface area is 177 Å². The van der Waals surface area contributed by atoms with Gasteiger partial charge < -0.3 is 20.2 Å². The smallest absolute Gasteiger partial charge is 0.307 e. The molecule has 1 saturated heterocycles. The van der Waals surface area contributed by atoms with E-state index in [0.29, 0.717) is 19.4 Å². The van der Waals surface area contributed by atoms with Gasteiger partial charge in [-0.15, -0.1) is 0 Å². The third-order valence-corrected chi connectivity index (χ3v) is 7.85. The van der Waals surface area contributed by atoms with Crippen LogP contribution in [0, 0.1) is 11.8 Å². The molecule has 0 bridgehead atoms. The first-order valence-electron chi connectivity index (χ1n) is 10.2. The van der Waals surface area contributed by atoms with E-state index in [1.165, 1.54) is 11.8 Å². The largest absolute Gasteiger partial charge is 0.481 e. The third kappa shape index (κ3) is 6.16. The van der Waals surface area contributed by atoms with E-state index in [1.54, 1.807) is 38.1 Å². The number of likely N-dealkylation sites (tertiary alicyclic amines) is 1. The summed E-state index contributed by atoms with van der Waals surface area (Å²) in [4.78, 5) is 48.5. The fraction of sp³-hybridized carbons (Fsp3) is 0.571. The van der Waals surface area contributed by atoms with Crippen molar-refractivity contribution in [3.63, 3.8) is 0 Å². The molecule has 1 fully saturated rings. The van der Waals surface area contributed by atoms with Crippen molar-refractivity contribution in [3.05, 3.63) is 35.9 Å². The van der Waals surface area contributed by atoms with E-state index in [2.05, 4.69) is 5.32 Å². The summed E-state index contributed by atoms with van der Waals surface area (Å²) in [5.74, 6) is -4.03. The number of nitrogens with zero attached hydrogens (tertiary/aromatic N) is 1. The molecule has 1 aromatic rings. The zero-order valence-electron chi connectivity index (χ0n) is 17.7. The molecule has 3 N–H and O–H groups in total. The highest BCUT2D eigenvalue weighted by atomic mass is 31.2. The molecule has 0 radical (unpaired) electrons. The Morgan fingerprint density at radius 2 is 1.87 bits per heavy atom. The van der Waals surface area contributed by atoms with E-state index in [1.807, 2.05) is 6.07 Å². The van der Waals surface area contributed by atoms with Crippen LogP contribution in [-0.2, 0) is 25.4 Å². The highest BCUT2D eigenvalue weighted by Gasteiger charge is 2.45. The minimum absolute atomic E-state index is 0.141. The summed E-state index contributed by atoms with van der Waals surface area (Å²) < 4.78 is 13.3. The summed E-state index contributed by atoms with van der Waals surface area (Å²) in [7, 11) is -3.99. The number of benzene rings is 1. The van der Waals surface area contributed by atoms with Gasteiger partial charge >= 0.3 is 5.97 Å². The van der Waals surface area contributed by atoms with Crippen molar-refractivity contribution in [2.45, 2.75) is 51.9 Å². The van der Waals surface area contributed by atoms with Crippen LogP contribution in [0.15, 0.2) is 30.3 Å². The molecule has 8 nitrogen and oxygen atoms in total. The van der Waals surface area contributed by atoms with Crippen molar-refractivity contribution >= 4 is 25.2 Å². The van der Waals surface area contributed by atoms with Crippen LogP contribution in [-0.4, -0.2) is 57.2 Å². The van der Waals surface area contributed by atoms with Crippen molar-refractivity contribution < 1.29 is 28.9 Å². The van der Waals surface area contributed by atoms with Crippen LogP contribution in [0.2, 0.25) is 0 Å². The quantitative estimate of drug-likeness (QED) is 0.508. The van der Waals surface area contributed by atoms with E-state index >= 15 is 0 Å². The van der Waals surface area contributed by atoms with E-state index < -0.39 is 43.1 Å². The maximum absolute atomic E-state index is 13.3. The van der Waals surface area contributed by atoms with Crippen LogP contribution in [0.5, 0.6) is 0 Å². The lowest BCUT2D eigenvalue weighted by atomic mass is 10.0. The Bertz CT molecular complexity index is 813. The first-order chi connectivity index (χ1) is 14.0. The zero-order valence-corrected chi connectivity index (χ0v) is 18.5. The predicted molar refractivity (Wildman–Crippen MR) is 113 cm³/mol. The topological polar surface area (TPSA) is 124 Å². The number of carbonyl (C=O) groups is 3. The summed E-state index contributed by atoms with van der Waals surface area (Å²) in [6.07, 6.45) is 0.629. The average molecular weight is 438 g/mol. The molecule has 4 unspecified atom stereocenters. The van der Waals surface area contributed by atoms with Gasteiger partial charge in [0.15, 0.2) is 0 Å². The van der Waals surface area contributed by atoms with Crippen LogP contribution in [0.25, 0.3) is 0 Å². The number of hydrogen-bond acceptors (Lipinski definition) is 4. The molecule has 166 valence electrons. The van der Waals surface area contributed by atoms with E-state index in [-0.39, 0.29) is 18.2 Å². The highest BCUT2D eigenvalue weighted by molar-refractivity contribution is 7.58. The van der Waals surface area contributed by atoms with Crippen LogP contribution in [0.4, 0.5) is 0 Å². The number of rotatable bonds is 9. The number of amides is 2. The fourth-order valence-corrected chi connectivity index (χ4v) is 6.31. The van der Waals surface area contributed by atoms with Crippen molar-refractivity contribution in [1.29, 1.82) is 0 Å². The maximum atomic E-state index is 13.3. The van der Waals surface area contributed by atoms with Gasteiger partial charge in [0.1, 0.15) is 11.8 Å². The number of hydrogen-bond donors (Lipinski definition) is 3. The van der Waals surface area contributed by atoms with Crippen LogP contribution in [0.3, 0.4) is 0 Å². The summed E-state index contributed by atoms with van der Waals surface area (Å²) >= 11 is 0. The Hall–Kier alpha value is -2.18. The SMILES string of the molecule is CC(=O)NC(C(=O)N1CCCC1P(=O)(O)CC(Cc1ccccc1)C(=O)O)C(C)C. The minimum atomic E-state index is -3.99. The normalized spacial score (nSPS) is 20.4. The van der Waals surface area contributed by atoms with Crippen LogP contribution in [0.1, 0.15) is 39.2 Å². The van der Waals surface area contributed by atoms with Gasteiger partial charge in [-0.25, -0.2) is 0 Å². The maximum Gasteiger partial charge on any atom is 0.307 e. The number of nitrogens with one attached hydrogen (secondary N) is 1. The zero-order chi connectivity index (χ0) is 22.5. The summed E-state index contributed by atoms with van der Waals surface area (Å²) in [6.45, 7) is 5.22. The molecule has 1 aliphatic heterocycles. The lowest BCUT2D eigenvalue weighted by Crippen LogP contribution is -2.52. The van der Waals surface area contributed by atoms with E-state index in [9.17, 15) is 28.9 Å². The molecule has 2 rings (SSSR count). The van der Waals surface area contributed by atoms with E-state index in [4.69, 9.17) is 0 Å². The third-order valence-electron chi connectivity index (χ3n) is 5.42. The average Bonchev–Trinajstić information content (AvgIpc) is 3.16. The second kappa shape index (κ2) is 10.2. The van der Waals surface area contributed by atoms with Gasteiger partial charge in [0.2, 0.25) is 19.2 Å². The summed E-state index contributed by atoms with van der Waals surface area (Å²) in [6, 6.07) is 8.17. The second-order valence-corrected chi connectivity index (χ2v) is 10.7. The molecule has 0 aliphatic carbocycles. The minimum Gasteiger partial charge on any atom is -0.481 e. The molecule has 0 spiro atoms. The highest BCUT2D eigenvalue weighted by Crippen LogP contribution is 2.53. The predicted octanol–water partition coefficient (Wildman–Crippen LogP) is 2.31. The standard InChI is InChI=1S/C21H31N2O6P/c1-14(2)19(22-15(3)24)20(25)23-11-7-10-18(23)30(28,29)13-17(21(26)27)12-16-8-5-4-6-9-16/h4-6,8-9,14,17-19H,7,10-13H2,1-3H3,(H,22,24)(H,26,27)(H,28,29). The number of aliphatic carboxylic acids is 1. The van der Waals surface area contributed by atoms with Gasteiger partial charge in [-0.05, 0) is 30.7 Å². The van der Waals surface area contributed by atoms with E-state index in [0.717, 1.165) is 5.56 Å². The molecule has 9 heteroatoms. The molecular weight excluding hydrogens is 407 g/mol. The molecule has 1 aliphatic rings. The van der Waals surface area contributed by atoms with Crippen molar-refractivity contribution in [1.82, 2.24) is 10.2 Å². The summed E-state index contributed by atoms with van der Waals surface area (Å²) in [5.41, 5.74) is 0.773. The molecule has 4 atom stereocenters. The first-order valence-corrected chi connectivity index (χ1v) is 12.1. The molecule has 2 amide bonds. The van der Waals surface area contributed by atoms with Crippen molar-refractivity contribution in [2.75, 3.05) is 12.7 Å². The Morgan fingerprint density at radius 1 is 1.23 bits per heavy atom. The molecule has 0 aromatic heterocycles. The molecule has 0 saturated carbocycles. The van der Waals surface area contributed by atoms with Crippen molar-refractivity contribution in [2.24, 2.45) is 11.8 Å². The number of carboxylic acid groups (broad SMARTS) is 1. The number of carbonyl (C=O) groups excluding carboxylic acids is 2. The van der Waals surface area contributed by atoms with Crippen molar-refractivity contribution in [3.8, 4) is 0 Å². The fourth-order valence-electron chi connectivity index (χ4n) is 3.90. The Balaban J connectivity index is 2.19. The van der Waals surface area contributed by atoms with Crippen LogP contribution < -0.4 is 5.32 Å². The number of carboxylic acids is 1. The monoisotopic (exact) mass is 438 g/mol. The molecule has 1 aromatic carbocycles. The van der Waals surface area contributed by atoms with Gasteiger partial charge in [0.25, 0.3) is 0 Å². The van der Waals surface area contributed by atoms with Crippen LogP contribution >= 0.6 is 7.37 Å². The lowest BCUT2D eigenvalue weighted by Gasteiger charge is -2.33. The van der Waals surface area contributed by atoms with Gasteiger partial charge in [-0.1, -0.05) is 44.2 Å². The van der Waals surface area contributed by atoms with Gasteiger partial charge in [0.05, 0.1) is 5.92 Å². The first kappa shape index (κ1) is 24.1. The molecule has 30 heavy (non-hydrogen) atoms. The lowest BCUT2D eigenvalue weighted by molar-refractivity contribution is -0.141. The summed E-state index contributed by atoms with van der Waals surface area (Å²) in [5, 5.41) is 12.2. The second-order valence-electron chi connectivity index (χ2n) is 8.24.